The number of benzene rings is 1. The van der Waals surface area contributed by atoms with Crippen LogP contribution in [-0.2, 0) is 9.53 Å². The molecule has 0 fully saturated rings. The SMILES string of the molecule is COCCC(N)C(=O)Nc1ccc(O)cc1C(=O)O. The van der Waals surface area contributed by atoms with Crippen molar-refractivity contribution in [1.29, 1.82) is 0 Å². The fraction of sp³-hybridized carbons (Fsp3) is 0.333. The van der Waals surface area contributed by atoms with Crippen molar-refractivity contribution in [3.05, 3.63) is 23.8 Å². The molecule has 0 aliphatic rings. The Labute approximate surface area is 110 Å². The Hall–Kier alpha value is -2.12. The van der Waals surface area contributed by atoms with Crippen molar-refractivity contribution >= 4 is 17.6 Å². The summed E-state index contributed by atoms with van der Waals surface area (Å²) in [5.74, 6) is -1.96. The van der Waals surface area contributed by atoms with Gasteiger partial charge in [-0.3, -0.25) is 4.79 Å². The number of methoxy groups -OCH3 is 1. The van der Waals surface area contributed by atoms with Crippen LogP contribution >= 0.6 is 0 Å². The molecule has 1 unspecified atom stereocenters. The fourth-order valence-corrected chi connectivity index (χ4v) is 1.42. The molecule has 0 heterocycles. The Morgan fingerprint density at radius 2 is 2.16 bits per heavy atom. The van der Waals surface area contributed by atoms with E-state index in [1.54, 1.807) is 0 Å². The van der Waals surface area contributed by atoms with Crippen molar-refractivity contribution in [2.24, 2.45) is 5.73 Å². The lowest BCUT2D eigenvalue weighted by atomic mass is 10.1. The van der Waals surface area contributed by atoms with Crippen molar-refractivity contribution in [3.63, 3.8) is 0 Å². The van der Waals surface area contributed by atoms with Gasteiger partial charge in [-0.2, -0.15) is 0 Å². The minimum absolute atomic E-state index is 0.0863. The standard InChI is InChI=1S/C12H16N2O5/c1-19-5-4-9(13)11(16)14-10-3-2-7(15)6-8(10)12(17)18/h2-3,6,9,15H,4-5,13H2,1H3,(H,14,16)(H,17,18). The Kier molecular flexibility index (Phi) is 5.28. The van der Waals surface area contributed by atoms with Gasteiger partial charge < -0.3 is 26.0 Å². The molecule has 0 saturated carbocycles. The average molecular weight is 268 g/mol. The molecule has 0 saturated heterocycles. The largest absolute Gasteiger partial charge is 0.508 e. The van der Waals surface area contributed by atoms with Gasteiger partial charge in [0.25, 0.3) is 0 Å². The molecule has 0 spiro atoms. The summed E-state index contributed by atoms with van der Waals surface area (Å²) >= 11 is 0. The van der Waals surface area contributed by atoms with Crippen molar-refractivity contribution in [3.8, 4) is 5.75 Å². The summed E-state index contributed by atoms with van der Waals surface area (Å²) in [5, 5.41) is 20.6. The number of aromatic hydroxyl groups is 1. The molecule has 104 valence electrons. The number of hydrogen-bond donors (Lipinski definition) is 4. The van der Waals surface area contributed by atoms with Gasteiger partial charge in [-0.25, -0.2) is 4.79 Å². The third-order valence-electron chi connectivity index (χ3n) is 2.46. The Morgan fingerprint density at radius 3 is 2.74 bits per heavy atom. The number of carbonyl (C=O) groups excluding carboxylic acids is 1. The number of carboxylic acids is 1. The van der Waals surface area contributed by atoms with E-state index in [9.17, 15) is 14.7 Å². The summed E-state index contributed by atoms with van der Waals surface area (Å²) in [5.41, 5.74) is 5.50. The molecule has 1 aromatic carbocycles. The van der Waals surface area contributed by atoms with Gasteiger partial charge in [0.2, 0.25) is 5.91 Å². The van der Waals surface area contributed by atoms with Crippen molar-refractivity contribution < 1.29 is 24.5 Å². The zero-order valence-corrected chi connectivity index (χ0v) is 10.4. The summed E-state index contributed by atoms with van der Waals surface area (Å²) in [7, 11) is 1.49. The van der Waals surface area contributed by atoms with Crippen LogP contribution in [0.3, 0.4) is 0 Å². The molecule has 0 radical (unpaired) electrons. The number of carboxylic acid groups (broad SMARTS) is 1. The Morgan fingerprint density at radius 1 is 1.47 bits per heavy atom. The molecule has 7 nitrogen and oxygen atoms in total. The van der Waals surface area contributed by atoms with Gasteiger partial charge in [0.1, 0.15) is 5.75 Å². The average Bonchev–Trinajstić information content (AvgIpc) is 2.37. The van der Waals surface area contributed by atoms with Crippen LogP contribution in [0.5, 0.6) is 5.75 Å². The summed E-state index contributed by atoms with van der Waals surface area (Å²) in [6.45, 7) is 0.329. The second kappa shape index (κ2) is 6.72. The predicted octanol–water partition coefficient (Wildman–Crippen LogP) is 0.393. The minimum atomic E-state index is -1.25. The number of phenolic OH excluding ortho intramolecular Hbond substituents is 1. The Bertz CT molecular complexity index is 475. The summed E-state index contributed by atoms with van der Waals surface area (Å²) < 4.78 is 4.80. The molecular weight excluding hydrogens is 252 g/mol. The molecular formula is C12H16N2O5. The molecule has 1 atom stereocenters. The van der Waals surface area contributed by atoms with Gasteiger partial charge in [-0.15, -0.1) is 0 Å². The highest BCUT2D eigenvalue weighted by molar-refractivity contribution is 6.02. The van der Waals surface area contributed by atoms with E-state index in [1.165, 1.54) is 19.2 Å². The van der Waals surface area contributed by atoms with Crippen LogP contribution in [0.25, 0.3) is 0 Å². The number of ether oxygens (including phenoxy) is 1. The first-order valence-electron chi connectivity index (χ1n) is 5.57. The highest BCUT2D eigenvalue weighted by atomic mass is 16.5. The lowest BCUT2D eigenvalue weighted by Crippen LogP contribution is -2.36. The van der Waals surface area contributed by atoms with Crippen molar-refractivity contribution in [2.45, 2.75) is 12.5 Å². The normalized spacial score (nSPS) is 11.9. The maximum Gasteiger partial charge on any atom is 0.337 e. The molecule has 19 heavy (non-hydrogen) atoms. The third-order valence-corrected chi connectivity index (χ3v) is 2.46. The first kappa shape index (κ1) is 14.9. The van der Waals surface area contributed by atoms with Gasteiger partial charge in [-0.05, 0) is 24.6 Å². The molecule has 0 aromatic heterocycles. The first-order valence-corrected chi connectivity index (χ1v) is 5.57. The van der Waals surface area contributed by atoms with E-state index in [4.69, 9.17) is 15.6 Å². The smallest absolute Gasteiger partial charge is 0.337 e. The number of aromatic carboxylic acids is 1. The van der Waals surface area contributed by atoms with Crippen molar-refractivity contribution in [1.82, 2.24) is 0 Å². The van der Waals surface area contributed by atoms with E-state index < -0.39 is 17.9 Å². The van der Waals surface area contributed by atoms with Crippen LogP contribution < -0.4 is 11.1 Å². The highest BCUT2D eigenvalue weighted by Gasteiger charge is 2.17. The van der Waals surface area contributed by atoms with E-state index >= 15 is 0 Å². The van der Waals surface area contributed by atoms with E-state index in [0.29, 0.717) is 13.0 Å². The third kappa shape index (κ3) is 4.23. The number of rotatable bonds is 6. The minimum Gasteiger partial charge on any atom is -0.508 e. The zero-order chi connectivity index (χ0) is 14.4. The summed E-state index contributed by atoms with van der Waals surface area (Å²) in [6.07, 6.45) is 0.322. The van der Waals surface area contributed by atoms with E-state index in [1.807, 2.05) is 0 Å². The molecule has 0 bridgehead atoms. The highest BCUT2D eigenvalue weighted by Crippen LogP contribution is 2.21. The number of amides is 1. The lowest BCUT2D eigenvalue weighted by molar-refractivity contribution is -0.117. The van der Waals surface area contributed by atoms with Crippen LogP contribution in [0, 0.1) is 0 Å². The molecule has 1 aromatic rings. The first-order chi connectivity index (χ1) is 8.95. The Balaban J connectivity index is 2.81. The number of carbonyl (C=O) groups is 2. The second-order valence-corrected chi connectivity index (χ2v) is 3.91. The molecule has 1 rings (SSSR count). The lowest BCUT2D eigenvalue weighted by Gasteiger charge is -2.13. The van der Waals surface area contributed by atoms with Gasteiger partial charge in [0.15, 0.2) is 0 Å². The van der Waals surface area contributed by atoms with E-state index in [2.05, 4.69) is 5.32 Å². The van der Waals surface area contributed by atoms with Gasteiger partial charge in [-0.1, -0.05) is 0 Å². The maximum absolute atomic E-state index is 11.7. The topological polar surface area (TPSA) is 122 Å². The number of nitrogens with two attached hydrogens (primary N) is 1. The molecule has 0 aliphatic carbocycles. The van der Waals surface area contributed by atoms with E-state index in [-0.39, 0.29) is 17.0 Å². The number of phenols is 1. The quantitative estimate of drug-likeness (QED) is 0.554. The van der Waals surface area contributed by atoms with E-state index in [0.717, 1.165) is 6.07 Å². The molecule has 0 aliphatic heterocycles. The second-order valence-electron chi connectivity index (χ2n) is 3.91. The summed E-state index contributed by atoms with van der Waals surface area (Å²) in [6, 6.07) is 2.84. The fourth-order valence-electron chi connectivity index (χ4n) is 1.42. The molecule has 1 amide bonds. The van der Waals surface area contributed by atoms with Crippen LogP contribution in [0.15, 0.2) is 18.2 Å². The van der Waals surface area contributed by atoms with Crippen molar-refractivity contribution in [2.75, 3.05) is 19.0 Å². The zero-order valence-electron chi connectivity index (χ0n) is 10.4. The monoisotopic (exact) mass is 268 g/mol. The summed E-state index contributed by atoms with van der Waals surface area (Å²) in [4.78, 5) is 22.7. The number of nitrogens with one attached hydrogen (secondary N) is 1. The maximum atomic E-state index is 11.7. The molecule has 5 N–H and O–H groups in total. The van der Waals surface area contributed by atoms with Crippen LogP contribution in [0.1, 0.15) is 16.8 Å². The molecule has 7 heteroatoms. The van der Waals surface area contributed by atoms with Crippen LogP contribution in [0.4, 0.5) is 5.69 Å². The van der Waals surface area contributed by atoms with Crippen LogP contribution in [0.2, 0.25) is 0 Å². The number of hydrogen-bond acceptors (Lipinski definition) is 5. The predicted molar refractivity (Wildman–Crippen MR) is 68.2 cm³/mol. The van der Waals surface area contributed by atoms with Crippen LogP contribution in [-0.4, -0.2) is 41.8 Å². The number of anilines is 1. The van der Waals surface area contributed by atoms with Gasteiger partial charge in [0.05, 0.1) is 17.3 Å². The van der Waals surface area contributed by atoms with Gasteiger partial charge >= 0.3 is 5.97 Å². The van der Waals surface area contributed by atoms with Gasteiger partial charge in [0, 0.05) is 13.7 Å².